The summed E-state index contributed by atoms with van der Waals surface area (Å²) in [6, 6.07) is 11.6. The molecule has 0 spiro atoms. The lowest BCUT2D eigenvalue weighted by molar-refractivity contribution is -0.642. The molecule has 2 heterocycles. The number of rotatable bonds is 4. The summed E-state index contributed by atoms with van der Waals surface area (Å²) in [5.41, 5.74) is 2.31. The predicted molar refractivity (Wildman–Crippen MR) is 118 cm³/mol. The van der Waals surface area contributed by atoms with Gasteiger partial charge in [0.05, 0.1) is 17.8 Å². The largest absolute Gasteiger partial charge is 0.508 e. The number of fused-ring (bicyclic) bond motifs is 2. The molecule has 4 nitrogen and oxygen atoms in total. The Balaban J connectivity index is 1.48. The van der Waals surface area contributed by atoms with E-state index in [1.807, 2.05) is 31.3 Å². The molecule has 1 aliphatic rings. The summed E-state index contributed by atoms with van der Waals surface area (Å²) < 4.78 is 8.52. The minimum Gasteiger partial charge on any atom is -0.508 e. The number of ether oxygens (including phenoxy) is 1. The topological polar surface area (TPSA) is 36.6 Å². The molecule has 0 saturated heterocycles. The maximum atomic E-state index is 9.64. The molecule has 0 aliphatic carbocycles. The van der Waals surface area contributed by atoms with Gasteiger partial charge in [-0.2, -0.15) is 4.57 Å². The number of allylic oxidation sites excluding steroid dienone is 4. The number of phenolic OH excluding ortho intramolecular Hbond substituents is 1. The Morgan fingerprint density at radius 3 is 2.79 bits per heavy atom. The number of anilines is 1. The molecule has 6 heteroatoms. The molecule has 1 aliphatic heterocycles. The van der Waals surface area contributed by atoms with Crippen LogP contribution >= 0.6 is 23.1 Å². The summed E-state index contributed by atoms with van der Waals surface area (Å²) >= 11 is 3.40. The molecule has 0 radical (unpaired) electrons. The molecule has 0 saturated carbocycles. The van der Waals surface area contributed by atoms with E-state index >= 15 is 0 Å². The van der Waals surface area contributed by atoms with E-state index < -0.39 is 0 Å². The van der Waals surface area contributed by atoms with Gasteiger partial charge in [0.1, 0.15) is 23.2 Å². The van der Waals surface area contributed by atoms with Crippen LogP contribution in [0.15, 0.2) is 70.6 Å². The molecular formula is C22H21N2O2S2+. The van der Waals surface area contributed by atoms with Gasteiger partial charge in [0, 0.05) is 30.2 Å². The SMILES string of the molecule is COc1ccc2c(c1)S\C(=C/C=C/C=C/c1sc3cc(O)ccc3[n+]1C)N2C. The van der Waals surface area contributed by atoms with Crippen LogP contribution in [0.3, 0.4) is 0 Å². The van der Waals surface area contributed by atoms with E-state index in [9.17, 15) is 5.11 Å². The summed E-state index contributed by atoms with van der Waals surface area (Å²) in [4.78, 5) is 3.39. The van der Waals surface area contributed by atoms with Crippen molar-refractivity contribution in [1.29, 1.82) is 0 Å². The van der Waals surface area contributed by atoms with Gasteiger partial charge in [0.2, 0.25) is 5.52 Å². The average Bonchev–Trinajstić information content (AvgIpc) is 3.17. The molecule has 0 atom stereocenters. The number of aryl methyl sites for hydroxylation is 1. The van der Waals surface area contributed by atoms with E-state index in [-0.39, 0.29) is 0 Å². The highest BCUT2D eigenvalue weighted by atomic mass is 32.2. The van der Waals surface area contributed by atoms with Crippen LogP contribution in [-0.4, -0.2) is 19.3 Å². The lowest BCUT2D eigenvalue weighted by Gasteiger charge is -2.12. The highest BCUT2D eigenvalue weighted by Gasteiger charge is 2.21. The van der Waals surface area contributed by atoms with Crippen molar-refractivity contribution >= 4 is 45.1 Å². The lowest BCUT2D eigenvalue weighted by atomic mass is 10.3. The van der Waals surface area contributed by atoms with Crippen LogP contribution in [0.1, 0.15) is 5.01 Å². The number of thiazole rings is 1. The van der Waals surface area contributed by atoms with Crippen LogP contribution in [0.4, 0.5) is 5.69 Å². The number of aromatic hydroxyl groups is 1. The van der Waals surface area contributed by atoms with E-state index in [1.165, 1.54) is 15.6 Å². The zero-order valence-electron chi connectivity index (χ0n) is 15.9. The first-order valence-electron chi connectivity index (χ1n) is 8.83. The van der Waals surface area contributed by atoms with Crippen molar-refractivity contribution in [1.82, 2.24) is 0 Å². The van der Waals surface area contributed by atoms with E-state index in [2.05, 4.69) is 46.9 Å². The third-order valence-electron chi connectivity index (χ3n) is 4.62. The Kier molecular flexibility index (Phi) is 5.15. The number of hydrogen-bond acceptors (Lipinski definition) is 5. The second-order valence-corrected chi connectivity index (χ2v) is 8.52. The van der Waals surface area contributed by atoms with E-state index in [0.717, 1.165) is 21.0 Å². The number of thioether (sulfide) groups is 1. The van der Waals surface area contributed by atoms with Crippen LogP contribution < -0.4 is 14.2 Å². The quantitative estimate of drug-likeness (QED) is 0.481. The fraction of sp³-hybridized carbons (Fsp3) is 0.136. The fourth-order valence-electron chi connectivity index (χ4n) is 3.07. The smallest absolute Gasteiger partial charge is 0.262 e. The molecule has 0 amide bonds. The van der Waals surface area contributed by atoms with Gasteiger partial charge in [-0.3, -0.25) is 0 Å². The van der Waals surface area contributed by atoms with Crippen LogP contribution in [0.2, 0.25) is 0 Å². The van der Waals surface area contributed by atoms with E-state index in [0.29, 0.717) is 5.75 Å². The molecule has 4 rings (SSSR count). The molecule has 2 aromatic carbocycles. The van der Waals surface area contributed by atoms with Crippen molar-refractivity contribution in [2.24, 2.45) is 7.05 Å². The van der Waals surface area contributed by atoms with Gasteiger partial charge >= 0.3 is 0 Å². The number of methoxy groups -OCH3 is 1. The number of hydrogen-bond donors (Lipinski definition) is 1. The van der Waals surface area contributed by atoms with Crippen molar-refractivity contribution in [3.8, 4) is 11.5 Å². The fourth-order valence-corrected chi connectivity index (χ4v) is 5.26. The zero-order chi connectivity index (χ0) is 19.7. The molecule has 0 fully saturated rings. The Labute approximate surface area is 172 Å². The first-order valence-corrected chi connectivity index (χ1v) is 10.5. The van der Waals surface area contributed by atoms with E-state index in [4.69, 9.17) is 4.74 Å². The molecule has 0 bridgehead atoms. The summed E-state index contributed by atoms with van der Waals surface area (Å²) in [7, 11) is 5.81. The highest BCUT2D eigenvalue weighted by Crippen LogP contribution is 2.46. The summed E-state index contributed by atoms with van der Waals surface area (Å²) in [6.07, 6.45) is 10.3. The minimum absolute atomic E-state index is 0.299. The maximum Gasteiger partial charge on any atom is 0.262 e. The van der Waals surface area contributed by atoms with Crippen LogP contribution in [0.5, 0.6) is 11.5 Å². The van der Waals surface area contributed by atoms with Crippen molar-refractivity contribution < 1.29 is 14.4 Å². The maximum absolute atomic E-state index is 9.64. The molecule has 1 aromatic heterocycles. The monoisotopic (exact) mass is 409 g/mol. The van der Waals surface area contributed by atoms with Crippen LogP contribution in [-0.2, 0) is 7.05 Å². The molecule has 0 unspecified atom stereocenters. The first kappa shape index (κ1) is 18.7. The van der Waals surface area contributed by atoms with Gasteiger partial charge in [0.25, 0.3) is 5.01 Å². The van der Waals surface area contributed by atoms with Gasteiger partial charge in [-0.25, -0.2) is 0 Å². The number of benzene rings is 2. The standard InChI is InChI=1S/C22H20N2O2S2/c1-23-17-11-9-15(25)13-19(17)27-21(23)7-5-4-6-8-22-24(2)18-12-10-16(26-3)14-20(18)28-22/h4-14H,1-3H3/p+1. The Morgan fingerprint density at radius 1 is 1.11 bits per heavy atom. The van der Waals surface area contributed by atoms with Gasteiger partial charge in [-0.15, -0.1) is 0 Å². The molecule has 1 N–H and O–H groups in total. The van der Waals surface area contributed by atoms with Crippen LogP contribution in [0, 0.1) is 0 Å². The van der Waals surface area contributed by atoms with E-state index in [1.54, 1.807) is 42.3 Å². The number of phenols is 1. The Morgan fingerprint density at radius 2 is 1.96 bits per heavy atom. The summed E-state index contributed by atoms with van der Waals surface area (Å²) in [5.74, 6) is 1.18. The van der Waals surface area contributed by atoms with Crippen molar-refractivity contribution in [3.05, 3.63) is 70.7 Å². The third-order valence-corrected chi connectivity index (χ3v) is 6.96. The zero-order valence-corrected chi connectivity index (χ0v) is 17.6. The third kappa shape index (κ3) is 3.53. The average molecular weight is 410 g/mol. The minimum atomic E-state index is 0.299. The number of aromatic nitrogens is 1. The normalized spacial score (nSPS) is 15.4. The Hall–Kier alpha value is -2.70. The van der Waals surface area contributed by atoms with Gasteiger partial charge < -0.3 is 14.7 Å². The first-order chi connectivity index (χ1) is 13.6. The molecule has 3 aromatic rings. The van der Waals surface area contributed by atoms with Crippen molar-refractivity contribution in [3.63, 3.8) is 0 Å². The van der Waals surface area contributed by atoms with Crippen molar-refractivity contribution in [2.75, 3.05) is 19.1 Å². The molecule has 28 heavy (non-hydrogen) atoms. The van der Waals surface area contributed by atoms with Crippen LogP contribution in [0.25, 0.3) is 16.3 Å². The van der Waals surface area contributed by atoms with Gasteiger partial charge in [-0.1, -0.05) is 41.3 Å². The summed E-state index contributed by atoms with van der Waals surface area (Å²) in [6.45, 7) is 0. The highest BCUT2D eigenvalue weighted by molar-refractivity contribution is 8.03. The second-order valence-electron chi connectivity index (χ2n) is 6.39. The van der Waals surface area contributed by atoms with Gasteiger partial charge in [-0.05, 0) is 30.3 Å². The van der Waals surface area contributed by atoms with Crippen molar-refractivity contribution in [2.45, 2.75) is 4.90 Å². The summed E-state index contributed by atoms with van der Waals surface area (Å²) in [5, 5.41) is 12.0. The van der Waals surface area contributed by atoms with Gasteiger partial charge in [0.15, 0.2) is 0 Å². The second kappa shape index (κ2) is 7.73. The molecular weight excluding hydrogens is 388 g/mol. The Bertz CT molecular complexity index is 1130. The molecule has 142 valence electrons. The number of nitrogens with zero attached hydrogens (tertiary/aromatic N) is 2. The predicted octanol–water partition coefficient (Wildman–Crippen LogP) is 5.09. The lowest BCUT2D eigenvalue weighted by Crippen LogP contribution is -2.28.